The van der Waals surface area contributed by atoms with E-state index in [1.807, 2.05) is 0 Å². The maximum atomic E-state index is 11.4. The summed E-state index contributed by atoms with van der Waals surface area (Å²) in [6, 6.07) is -0.286. The van der Waals surface area contributed by atoms with Gasteiger partial charge in [0, 0.05) is 6.54 Å². The molecule has 1 aliphatic rings. The number of rotatable bonds is 5. The van der Waals surface area contributed by atoms with E-state index in [4.69, 9.17) is 5.73 Å². The maximum absolute atomic E-state index is 11.4. The van der Waals surface area contributed by atoms with Crippen LogP contribution in [0.2, 0.25) is 0 Å². The van der Waals surface area contributed by atoms with E-state index < -0.39 is 0 Å². The van der Waals surface area contributed by atoms with Gasteiger partial charge < -0.3 is 11.1 Å². The first-order valence-corrected chi connectivity index (χ1v) is 5.13. The average molecular weight is 184 g/mol. The topological polar surface area (TPSA) is 55.1 Å². The van der Waals surface area contributed by atoms with E-state index in [9.17, 15) is 4.79 Å². The molecule has 76 valence electrons. The molecule has 0 spiro atoms. The third-order valence-electron chi connectivity index (χ3n) is 2.31. The fourth-order valence-corrected chi connectivity index (χ4v) is 1.26. The molecule has 0 heterocycles. The lowest BCUT2D eigenvalue weighted by Crippen LogP contribution is -2.42. The molecule has 0 bridgehead atoms. The summed E-state index contributed by atoms with van der Waals surface area (Å²) in [6.45, 7) is 4.89. The normalized spacial score (nSPS) is 18.8. The van der Waals surface area contributed by atoms with Crippen LogP contribution in [0.1, 0.15) is 33.1 Å². The van der Waals surface area contributed by atoms with Crippen molar-refractivity contribution in [2.24, 2.45) is 17.6 Å². The van der Waals surface area contributed by atoms with Crippen molar-refractivity contribution in [3.63, 3.8) is 0 Å². The Hall–Kier alpha value is -0.570. The predicted octanol–water partition coefficient (Wildman–Crippen LogP) is 0.886. The molecule has 0 radical (unpaired) electrons. The van der Waals surface area contributed by atoms with E-state index >= 15 is 0 Å². The van der Waals surface area contributed by atoms with Gasteiger partial charge in [0.05, 0.1) is 6.04 Å². The van der Waals surface area contributed by atoms with E-state index in [-0.39, 0.29) is 11.9 Å². The Labute approximate surface area is 80.1 Å². The van der Waals surface area contributed by atoms with E-state index in [2.05, 4.69) is 19.2 Å². The van der Waals surface area contributed by atoms with Crippen molar-refractivity contribution in [3.05, 3.63) is 0 Å². The van der Waals surface area contributed by atoms with Crippen molar-refractivity contribution in [3.8, 4) is 0 Å². The Morgan fingerprint density at radius 1 is 1.54 bits per heavy atom. The summed E-state index contributed by atoms with van der Waals surface area (Å²) in [5.74, 6) is 1.23. The number of amides is 1. The predicted molar refractivity (Wildman–Crippen MR) is 53.2 cm³/mol. The minimum atomic E-state index is -0.286. The molecule has 1 atom stereocenters. The van der Waals surface area contributed by atoms with Gasteiger partial charge >= 0.3 is 0 Å². The standard InChI is InChI=1S/C10H20N2O/c1-7(2)6-12-10(13)9(11)5-8-3-4-8/h7-9H,3-6,11H2,1-2H3,(H,12,13)/t9-/m0/s1. The quantitative estimate of drug-likeness (QED) is 0.666. The molecule has 0 aromatic heterocycles. The lowest BCUT2D eigenvalue weighted by Gasteiger charge is -2.12. The largest absolute Gasteiger partial charge is 0.354 e. The van der Waals surface area contributed by atoms with E-state index in [1.165, 1.54) is 12.8 Å². The smallest absolute Gasteiger partial charge is 0.236 e. The van der Waals surface area contributed by atoms with Gasteiger partial charge in [-0.3, -0.25) is 4.79 Å². The number of carbonyl (C=O) groups is 1. The molecule has 0 aliphatic heterocycles. The Morgan fingerprint density at radius 2 is 2.15 bits per heavy atom. The van der Waals surface area contributed by atoms with Gasteiger partial charge in [-0.1, -0.05) is 26.7 Å². The second kappa shape index (κ2) is 4.61. The molecule has 1 fully saturated rings. The monoisotopic (exact) mass is 184 g/mol. The minimum absolute atomic E-state index is 0.0144. The van der Waals surface area contributed by atoms with Crippen LogP contribution in [0.4, 0.5) is 0 Å². The van der Waals surface area contributed by atoms with Gasteiger partial charge in [-0.05, 0) is 18.3 Å². The fourth-order valence-electron chi connectivity index (χ4n) is 1.26. The van der Waals surface area contributed by atoms with Gasteiger partial charge in [0.25, 0.3) is 0 Å². The fraction of sp³-hybridized carbons (Fsp3) is 0.900. The first-order valence-electron chi connectivity index (χ1n) is 5.13. The van der Waals surface area contributed by atoms with Gasteiger partial charge in [-0.15, -0.1) is 0 Å². The second-order valence-corrected chi connectivity index (χ2v) is 4.42. The van der Waals surface area contributed by atoms with E-state index in [0.29, 0.717) is 5.92 Å². The summed E-state index contributed by atoms with van der Waals surface area (Å²) < 4.78 is 0. The zero-order chi connectivity index (χ0) is 9.84. The van der Waals surface area contributed by atoms with Crippen molar-refractivity contribution in [2.75, 3.05) is 6.54 Å². The maximum Gasteiger partial charge on any atom is 0.236 e. The Balaban J connectivity index is 2.13. The first kappa shape index (κ1) is 10.5. The average Bonchev–Trinajstić information content (AvgIpc) is 2.83. The van der Waals surface area contributed by atoms with E-state index in [1.54, 1.807) is 0 Å². The molecule has 0 aromatic rings. The van der Waals surface area contributed by atoms with Crippen LogP contribution >= 0.6 is 0 Å². The van der Waals surface area contributed by atoms with Gasteiger partial charge in [0.2, 0.25) is 5.91 Å². The summed E-state index contributed by atoms with van der Waals surface area (Å²) in [7, 11) is 0. The molecular weight excluding hydrogens is 164 g/mol. The summed E-state index contributed by atoms with van der Waals surface area (Å²) in [5, 5.41) is 2.85. The van der Waals surface area contributed by atoms with Crippen molar-refractivity contribution in [1.29, 1.82) is 0 Å². The number of nitrogens with two attached hydrogens (primary N) is 1. The zero-order valence-corrected chi connectivity index (χ0v) is 8.55. The van der Waals surface area contributed by atoms with Crippen LogP contribution in [0.25, 0.3) is 0 Å². The molecule has 0 aromatic carbocycles. The van der Waals surface area contributed by atoms with Gasteiger partial charge in [0.15, 0.2) is 0 Å². The molecule has 3 heteroatoms. The molecule has 0 saturated heterocycles. The van der Waals surface area contributed by atoms with Crippen LogP contribution in [0.3, 0.4) is 0 Å². The minimum Gasteiger partial charge on any atom is -0.354 e. The van der Waals surface area contributed by atoms with E-state index in [0.717, 1.165) is 18.9 Å². The molecule has 13 heavy (non-hydrogen) atoms. The Bertz CT molecular complexity index is 176. The summed E-state index contributed by atoms with van der Waals surface area (Å²) in [4.78, 5) is 11.4. The van der Waals surface area contributed by atoms with Crippen LogP contribution in [-0.2, 0) is 4.79 Å². The zero-order valence-electron chi connectivity index (χ0n) is 8.55. The van der Waals surface area contributed by atoms with Crippen LogP contribution in [0, 0.1) is 11.8 Å². The summed E-state index contributed by atoms with van der Waals surface area (Å²) in [5.41, 5.74) is 5.73. The Morgan fingerprint density at radius 3 is 2.62 bits per heavy atom. The molecule has 1 amide bonds. The SMILES string of the molecule is CC(C)CNC(=O)[C@@H](N)CC1CC1. The molecule has 1 saturated carbocycles. The van der Waals surface area contributed by atoms with Gasteiger partial charge in [0.1, 0.15) is 0 Å². The van der Waals surface area contributed by atoms with Crippen LogP contribution in [-0.4, -0.2) is 18.5 Å². The highest BCUT2D eigenvalue weighted by atomic mass is 16.2. The lowest BCUT2D eigenvalue weighted by molar-refractivity contribution is -0.122. The highest BCUT2D eigenvalue weighted by Crippen LogP contribution is 2.33. The summed E-state index contributed by atoms with van der Waals surface area (Å²) >= 11 is 0. The highest BCUT2D eigenvalue weighted by molar-refractivity contribution is 5.81. The third-order valence-corrected chi connectivity index (χ3v) is 2.31. The van der Waals surface area contributed by atoms with Crippen molar-refractivity contribution in [1.82, 2.24) is 5.32 Å². The van der Waals surface area contributed by atoms with Crippen LogP contribution < -0.4 is 11.1 Å². The van der Waals surface area contributed by atoms with Crippen molar-refractivity contribution >= 4 is 5.91 Å². The number of hydrogen-bond donors (Lipinski definition) is 2. The number of carbonyl (C=O) groups excluding carboxylic acids is 1. The van der Waals surface area contributed by atoms with Gasteiger partial charge in [-0.25, -0.2) is 0 Å². The van der Waals surface area contributed by atoms with Crippen molar-refractivity contribution in [2.45, 2.75) is 39.2 Å². The first-order chi connectivity index (χ1) is 6.09. The number of hydrogen-bond acceptors (Lipinski definition) is 2. The molecule has 0 unspecified atom stereocenters. The second-order valence-electron chi connectivity index (χ2n) is 4.42. The van der Waals surface area contributed by atoms with Crippen molar-refractivity contribution < 1.29 is 4.79 Å². The van der Waals surface area contributed by atoms with Crippen LogP contribution in [0.5, 0.6) is 0 Å². The highest BCUT2D eigenvalue weighted by Gasteiger charge is 2.26. The molecular formula is C10H20N2O. The Kier molecular flexibility index (Phi) is 3.72. The third kappa shape index (κ3) is 4.27. The molecule has 3 N–H and O–H groups in total. The summed E-state index contributed by atoms with van der Waals surface area (Å²) in [6.07, 6.45) is 3.38. The molecule has 1 rings (SSSR count). The molecule has 3 nitrogen and oxygen atoms in total. The molecule has 1 aliphatic carbocycles. The number of nitrogens with one attached hydrogen (secondary N) is 1. The lowest BCUT2D eigenvalue weighted by atomic mass is 10.1. The van der Waals surface area contributed by atoms with Gasteiger partial charge in [-0.2, -0.15) is 0 Å². The van der Waals surface area contributed by atoms with Crippen LogP contribution in [0.15, 0.2) is 0 Å².